The molecule has 0 aromatic carbocycles. The molecule has 3 N–H and O–H groups in total. The Labute approximate surface area is 204 Å². The quantitative estimate of drug-likeness (QED) is 0.507. The Morgan fingerprint density at radius 2 is 1.91 bits per heavy atom. The number of rotatable bonds is 9. The minimum atomic E-state index is -0.00786. The van der Waals surface area contributed by atoms with E-state index in [0.717, 1.165) is 71.1 Å². The molecule has 1 aromatic rings. The number of piperidine rings is 2. The molecule has 1 amide bonds. The van der Waals surface area contributed by atoms with Gasteiger partial charge in [0, 0.05) is 38.3 Å². The molecular weight excluding hydrogens is 430 g/mol. The molecule has 1 aliphatic carbocycles. The minimum absolute atomic E-state index is 0.00500. The number of aliphatic hydroxyl groups excluding tert-OH is 2. The van der Waals surface area contributed by atoms with Crippen molar-refractivity contribution in [1.29, 1.82) is 0 Å². The predicted molar refractivity (Wildman–Crippen MR) is 132 cm³/mol. The van der Waals surface area contributed by atoms with Gasteiger partial charge in [-0.25, -0.2) is 0 Å². The summed E-state index contributed by atoms with van der Waals surface area (Å²) in [5.74, 6) is 1.07. The largest absolute Gasteiger partial charge is 0.459 e. The fourth-order valence-electron chi connectivity index (χ4n) is 6.68. The molecule has 3 aliphatic rings. The van der Waals surface area contributed by atoms with Crippen LogP contribution in [0.25, 0.3) is 0 Å². The van der Waals surface area contributed by atoms with Gasteiger partial charge in [-0.2, -0.15) is 0 Å². The Morgan fingerprint density at radius 1 is 1.18 bits per heavy atom. The van der Waals surface area contributed by atoms with Gasteiger partial charge in [0.05, 0.1) is 12.4 Å². The average molecular weight is 476 g/mol. The van der Waals surface area contributed by atoms with Gasteiger partial charge in [-0.15, -0.1) is 0 Å². The zero-order valence-electron chi connectivity index (χ0n) is 21.0. The summed E-state index contributed by atoms with van der Waals surface area (Å²) in [7, 11) is 0. The zero-order valence-corrected chi connectivity index (χ0v) is 21.0. The Morgan fingerprint density at radius 3 is 2.50 bits per heavy atom. The summed E-state index contributed by atoms with van der Waals surface area (Å²) in [5, 5.41) is 23.5. The summed E-state index contributed by atoms with van der Waals surface area (Å²) >= 11 is 0. The summed E-state index contributed by atoms with van der Waals surface area (Å²) in [6, 6.07) is 3.78. The maximum Gasteiger partial charge on any atom is 0.291 e. The third-order valence-corrected chi connectivity index (χ3v) is 8.97. The molecule has 7 nitrogen and oxygen atoms in total. The molecule has 2 unspecified atom stereocenters. The Bertz CT molecular complexity index is 729. The van der Waals surface area contributed by atoms with E-state index in [9.17, 15) is 15.0 Å². The van der Waals surface area contributed by atoms with Crippen molar-refractivity contribution in [3.63, 3.8) is 0 Å². The second-order valence-electron chi connectivity index (χ2n) is 11.1. The van der Waals surface area contributed by atoms with Crippen LogP contribution in [0.1, 0.15) is 81.7 Å². The number of amides is 1. The van der Waals surface area contributed by atoms with Gasteiger partial charge in [0.15, 0.2) is 5.76 Å². The molecule has 3 fully saturated rings. The number of aliphatic hydroxyl groups is 2. The summed E-state index contributed by atoms with van der Waals surface area (Å²) in [4.78, 5) is 18.0. The summed E-state index contributed by atoms with van der Waals surface area (Å²) < 4.78 is 5.49. The molecule has 34 heavy (non-hydrogen) atoms. The fourth-order valence-corrected chi connectivity index (χ4v) is 6.68. The van der Waals surface area contributed by atoms with E-state index in [2.05, 4.69) is 22.0 Å². The van der Waals surface area contributed by atoms with Gasteiger partial charge in [0.2, 0.25) is 0 Å². The normalized spacial score (nSPS) is 26.6. The number of likely N-dealkylation sites (tertiary alicyclic amines) is 1. The van der Waals surface area contributed by atoms with Crippen LogP contribution in [-0.4, -0.2) is 77.5 Å². The highest BCUT2D eigenvalue weighted by Crippen LogP contribution is 2.45. The van der Waals surface area contributed by atoms with Crippen LogP contribution in [0.2, 0.25) is 0 Å². The fraction of sp³-hybridized carbons (Fsp3) is 0.815. The first-order valence-electron chi connectivity index (χ1n) is 13.6. The summed E-state index contributed by atoms with van der Waals surface area (Å²) in [5.41, 5.74) is 0.0720. The number of nitrogens with zero attached hydrogens (tertiary/aromatic N) is 2. The smallest absolute Gasteiger partial charge is 0.291 e. The number of carbonyl (C=O) groups is 1. The lowest BCUT2D eigenvalue weighted by molar-refractivity contribution is -0.00650. The van der Waals surface area contributed by atoms with E-state index in [1.54, 1.807) is 18.4 Å². The van der Waals surface area contributed by atoms with Crippen molar-refractivity contribution in [2.45, 2.75) is 83.3 Å². The molecule has 3 heterocycles. The molecule has 1 saturated carbocycles. The Kier molecular flexibility index (Phi) is 9.08. The van der Waals surface area contributed by atoms with E-state index in [-0.39, 0.29) is 42.7 Å². The van der Waals surface area contributed by atoms with E-state index in [4.69, 9.17) is 4.42 Å². The molecule has 4 rings (SSSR count). The molecule has 1 aromatic heterocycles. The minimum Gasteiger partial charge on any atom is -0.459 e. The van der Waals surface area contributed by atoms with E-state index in [1.807, 2.05) is 0 Å². The monoisotopic (exact) mass is 475 g/mol. The van der Waals surface area contributed by atoms with Crippen molar-refractivity contribution < 1.29 is 19.4 Å². The van der Waals surface area contributed by atoms with Gasteiger partial charge in [-0.3, -0.25) is 10.1 Å². The number of nitrogens with one attached hydrogen (secondary N) is 1. The van der Waals surface area contributed by atoms with Crippen molar-refractivity contribution in [1.82, 2.24) is 15.1 Å². The maximum atomic E-state index is 13.4. The molecular formula is C27H45N3O4. The van der Waals surface area contributed by atoms with E-state index in [0.29, 0.717) is 11.7 Å². The van der Waals surface area contributed by atoms with Gasteiger partial charge < -0.3 is 24.4 Å². The van der Waals surface area contributed by atoms with Crippen LogP contribution in [0.4, 0.5) is 0 Å². The first kappa shape index (κ1) is 25.7. The first-order chi connectivity index (χ1) is 16.6. The van der Waals surface area contributed by atoms with Gasteiger partial charge in [0.1, 0.15) is 0 Å². The highest BCUT2D eigenvalue weighted by molar-refractivity contribution is 5.91. The van der Waals surface area contributed by atoms with E-state index in [1.165, 1.54) is 19.3 Å². The van der Waals surface area contributed by atoms with Crippen LogP contribution in [0.5, 0.6) is 0 Å². The topological polar surface area (TPSA) is 89.2 Å². The number of hydrogen-bond donors (Lipinski definition) is 3. The molecule has 0 spiro atoms. The van der Waals surface area contributed by atoms with Crippen molar-refractivity contribution in [2.24, 2.45) is 17.3 Å². The number of carbonyl (C=O) groups excluding carboxylic acids is 1. The molecule has 7 heteroatoms. The highest BCUT2D eigenvalue weighted by Gasteiger charge is 2.40. The lowest BCUT2D eigenvalue weighted by Gasteiger charge is -2.46. The van der Waals surface area contributed by atoms with Crippen LogP contribution in [-0.2, 0) is 0 Å². The van der Waals surface area contributed by atoms with Gasteiger partial charge in [-0.1, -0.05) is 26.2 Å². The summed E-state index contributed by atoms with van der Waals surface area (Å²) in [6.07, 6.45) is 12.7. The molecule has 2 saturated heterocycles. The SMILES string of the molecule is CC1CCC(N(C(=O)c2ccco2)C2CCN(CCC3(C(CO)CO)CCCCC3)CC2)NC1. The predicted octanol–water partition coefficient (Wildman–Crippen LogP) is 3.47. The van der Waals surface area contributed by atoms with Crippen LogP contribution < -0.4 is 5.32 Å². The molecule has 2 atom stereocenters. The highest BCUT2D eigenvalue weighted by atomic mass is 16.3. The second kappa shape index (κ2) is 12.0. The molecule has 0 radical (unpaired) electrons. The summed E-state index contributed by atoms with van der Waals surface area (Å²) in [6.45, 7) is 6.34. The third-order valence-electron chi connectivity index (χ3n) is 8.97. The molecule has 2 aliphatic heterocycles. The lowest BCUT2D eigenvalue weighted by Crippen LogP contribution is -2.58. The lowest BCUT2D eigenvalue weighted by atomic mass is 9.64. The van der Waals surface area contributed by atoms with Crippen molar-refractivity contribution >= 4 is 5.91 Å². The Balaban J connectivity index is 1.37. The van der Waals surface area contributed by atoms with Gasteiger partial charge >= 0.3 is 0 Å². The van der Waals surface area contributed by atoms with Gasteiger partial charge in [0.25, 0.3) is 5.91 Å². The van der Waals surface area contributed by atoms with Crippen LogP contribution in [0.3, 0.4) is 0 Å². The van der Waals surface area contributed by atoms with Crippen LogP contribution in [0.15, 0.2) is 22.8 Å². The average Bonchev–Trinajstić information content (AvgIpc) is 3.41. The molecule has 192 valence electrons. The van der Waals surface area contributed by atoms with Gasteiger partial charge in [-0.05, 0) is 81.5 Å². The Hall–Kier alpha value is -1.41. The second-order valence-corrected chi connectivity index (χ2v) is 11.1. The van der Waals surface area contributed by atoms with Crippen molar-refractivity contribution in [2.75, 3.05) is 39.4 Å². The van der Waals surface area contributed by atoms with Crippen LogP contribution >= 0.6 is 0 Å². The number of furan rings is 1. The third kappa shape index (κ3) is 5.86. The van der Waals surface area contributed by atoms with E-state index >= 15 is 0 Å². The first-order valence-corrected chi connectivity index (χ1v) is 13.6. The molecule has 0 bridgehead atoms. The van der Waals surface area contributed by atoms with Crippen molar-refractivity contribution in [3.8, 4) is 0 Å². The van der Waals surface area contributed by atoms with Crippen LogP contribution in [0, 0.1) is 17.3 Å². The number of hydrogen-bond acceptors (Lipinski definition) is 6. The zero-order chi connectivity index (χ0) is 24.0. The van der Waals surface area contributed by atoms with E-state index < -0.39 is 0 Å². The maximum absolute atomic E-state index is 13.4. The standard InChI is InChI=1S/C27H45N3O4/c1-21-7-8-25(28-18-21)30(26(33)24-6-5-17-34-24)23-9-14-29(15-10-23)16-13-27(22(19-31)20-32)11-3-2-4-12-27/h5-6,17,21-23,25,28,31-32H,2-4,7-16,18-20H2,1H3. The van der Waals surface area contributed by atoms with Crippen molar-refractivity contribution in [3.05, 3.63) is 24.2 Å².